The van der Waals surface area contributed by atoms with Gasteiger partial charge in [-0.05, 0) is 0 Å². The van der Waals surface area contributed by atoms with Crippen molar-refractivity contribution in [2.24, 2.45) is 0 Å². The molecule has 0 rings (SSSR count). The quantitative estimate of drug-likeness (QED) is 0.408. The third-order valence-corrected chi connectivity index (χ3v) is 0. The number of hydrogen-bond donors (Lipinski definition) is 0. The molecule has 0 saturated heterocycles. The molecule has 0 atom stereocenters. The zero-order chi connectivity index (χ0) is 0. The second-order valence-electron chi connectivity index (χ2n) is 0. The summed E-state index contributed by atoms with van der Waals surface area (Å²) in [6, 6.07) is 0. The van der Waals surface area contributed by atoms with E-state index in [0.29, 0.717) is 0 Å². The summed E-state index contributed by atoms with van der Waals surface area (Å²) >= 11 is 0. The molecule has 0 aromatic rings. The molecule has 0 unspecified atom stereocenters. The maximum Gasteiger partial charge on any atom is 6.00 e. The van der Waals surface area contributed by atoms with Gasteiger partial charge in [-0.25, -0.2) is 0 Å². The van der Waals surface area contributed by atoms with Gasteiger partial charge in [0.25, 0.3) is 0 Å². The van der Waals surface area contributed by atoms with Crippen molar-refractivity contribution in [2.75, 3.05) is 0 Å². The fraction of sp³-hybridized carbons (Fsp3) is 0. The first-order valence-electron chi connectivity index (χ1n) is 0. The van der Waals surface area contributed by atoms with Gasteiger partial charge in [0.15, 0.2) is 0 Å². The van der Waals surface area contributed by atoms with Crippen molar-refractivity contribution in [3.05, 3.63) is 44.6 Å². The Kier molecular flexibility index (Phi) is 66300. The molecule has 0 aromatic heterocycles. The Morgan fingerprint density at radius 2 is 0.286 bits per heavy atom. The van der Waals surface area contributed by atoms with Crippen molar-refractivity contribution in [3.8, 4) is 0 Å². The summed E-state index contributed by atoms with van der Waals surface area (Å²) in [5.74, 6) is 0. The zero-order valence-electron chi connectivity index (χ0n) is 6.35. The Bertz CT molecular complexity index is 4.14. The minimum Gasteiger partial charge on any atom is -0.358 e. The topological polar surface area (TPSA) is 0 Å². The molecule has 0 aliphatic rings. The summed E-state index contributed by atoms with van der Waals surface area (Å²) in [6.45, 7) is 0. The number of hydrogen-bond acceptors (Lipinski definition) is 0. The first-order valence-corrected chi connectivity index (χ1v) is 0. The van der Waals surface area contributed by atoms with E-state index in [4.69, 9.17) is 0 Å². The molecule has 0 aromatic carbocycles. The smallest absolute Gasteiger partial charge is 0.358 e. The molecule has 0 aliphatic heterocycles. The van der Waals surface area contributed by atoms with Crippen LogP contribution in [0.1, 0.15) is 0 Å². The minimum absolute atomic E-state index is 0. The van der Waals surface area contributed by atoms with Crippen molar-refractivity contribution in [1.82, 2.24) is 0 Å². The van der Waals surface area contributed by atoms with E-state index < -0.39 is 0 Å². The van der Waals surface area contributed by atoms with Crippen molar-refractivity contribution in [1.29, 1.82) is 0 Å². The summed E-state index contributed by atoms with van der Waals surface area (Å²) in [5, 5.41) is 0. The Hall–Kier alpha value is 0.623. The predicted octanol–water partition coefficient (Wildman–Crippen LogP) is 2.70. The van der Waals surface area contributed by atoms with Crippen LogP contribution in [0.15, 0.2) is 0 Å². The third kappa shape index (κ3) is 364. The summed E-state index contributed by atoms with van der Waals surface area (Å²) in [4.78, 5) is 0. The molecule has 0 aliphatic carbocycles. The summed E-state index contributed by atoms with van der Waals surface area (Å²) in [7, 11) is 0. The molecule has 0 fully saturated rings. The van der Waals surface area contributed by atoms with E-state index >= 15 is 0 Å². The zero-order valence-corrected chi connectivity index (χ0v) is 8.09. The SMILES string of the molecule is [CH3-].[CH3-].[CH3-].[CH3-].[CH3-].[CH3-].[Ru+6]. The Balaban J connectivity index is 0. The van der Waals surface area contributed by atoms with E-state index in [2.05, 4.69) is 0 Å². The van der Waals surface area contributed by atoms with Gasteiger partial charge < -0.3 is 44.6 Å². The van der Waals surface area contributed by atoms with Gasteiger partial charge in [-0.2, -0.15) is 0 Å². The van der Waals surface area contributed by atoms with Crippen LogP contribution in [0, 0.1) is 44.6 Å². The third-order valence-electron chi connectivity index (χ3n) is 0. The Morgan fingerprint density at radius 1 is 0.286 bits per heavy atom. The van der Waals surface area contributed by atoms with E-state index in [1.807, 2.05) is 0 Å². The minimum atomic E-state index is 0. The van der Waals surface area contributed by atoms with Crippen molar-refractivity contribution >= 4 is 0 Å². The van der Waals surface area contributed by atoms with E-state index in [-0.39, 0.29) is 64.0 Å². The first-order chi connectivity index (χ1) is 0. The van der Waals surface area contributed by atoms with Crippen LogP contribution in [0.3, 0.4) is 0 Å². The summed E-state index contributed by atoms with van der Waals surface area (Å²) in [6.07, 6.45) is 0. The number of rotatable bonds is 0. The molecule has 0 heterocycles. The van der Waals surface area contributed by atoms with Crippen LogP contribution in [-0.2, 0) is 19.5 Å². The van der Waals surface area contributed by atoms with Crippen LogP contribution < -0.4 is 0 Å². The predicted molar refractivity (Wildman–Crippen MR) is 38.5 cm³/mol. The van der Waals surface area contributed by atoms with Gasteiger partial charge in [0.2, 0.25) is 0 Å². The molecule has 50 valence electrons. The standard InChI is InChI=1S/6CH3.Ru/h6*1H3;/q6*-1;+6. The van der Waals surface area contributed by atoms with E-state index in [9.17, 15) is 0 Å². The van der Waals surface area contributed by atoms with E-state index in [1.54, 1.807) is 0 Å². The molecule has 1 heteroatoms. The molecule has 0 N–H and O–H groups in total. The van der Waals surface area contributed by atoms with Gasteiger partial charge in [0.05, 0.1) is 0 Å². The molecule has 7 heavy (non-hydrogen) atoms. The van der Waals surface area contributed by atoms with Gasteiger partial charge in [0.1, 0.15) is 0 Å². The van der Waals surface area contributed by atoms with Gasteiger partial charge >= 0.3 is 19.5 Å². The van der Waals surface area contributed by atoms with Crippen LogP contribution in [0.5, 0.6) is 0 Å². The monoisotopic (exact) mass is 192 g/mol. The average Bonchev–Trinajstić information content (AvgIpc) is 0. The molecule has 0 saturated carbocycles. The summed E-state index contributed by atoms with van der Waals surface area (Å²) < 4.78 is 0. The Labute approximate surface area is 64.5 Å². The van der Waals surface area contributed by atoms with Gasteiger partial charge in [-0.15, -0.1) is 0 Å². The fourth-order valence-electron chi connectivity index (χ4n) is 0. The van der Waals surface area contributed by atoms with Crippen LogP contribution in [0.4, 0.5) is 0 Å². The first kappa shape index (κ1) is 861. The fourth-order valence-corrected chi connectivity index (χ4v) is 0. The van der Waals surface area contributed by atoms with Gasteiger partial charge in [-0.1, -0.05) is 0 Å². The maximum atomic E-state index is 0. The van der Waals surface area contributed by atoms with Gasteiger partial charge in [-0.3, -0.25) is 0 Å². The molecule has 0 radical (unpaired) electrons. The van der Waals surface area contributed by atoms with Crippen molar-refractivity contribution in [3.63, 3.8) is 0 Å². The van der Waals surface area contributed by atoms with E-state index in [1.165, 1.54) is 0 Å². The second kappa shape index (κ2) is 539. The normalized spacial score (nSPS) is 0. The molecule has 0 amide bonds. The molecular weight excluding hydrogens is 173 g/mol. The molecular formula is C6H18Ru. The van der Waals surface area contributed by atoms with Crippen LogP contribution in [-0.4, -0.2) is 0 Å². The van der Waals surface area contributed by atoms with Crippen LogP contribution >= 0.6 is 0 Å². The van der Waals surface area contributed by atoms with Crippen LogP contribution in [0.2, 0.25) is 0 Å². The second-order valence-corrected chi connectivity index (χ2v) is 0. The van der Waals surface area contributed by atoms with Crippen molar-refractivity contribution < 1.29 is 19.5 Å². The molecule has 0 spiro atoms. The van der Waals surface area contributed by atoms with E-state index in [0.717, 1.165) is 0 Å². The molecule has 0 bridgehead atoms. The van der Waals surface area contributed by atoms with Gasteiger partial charge in [0, 0.05) is 0 Å². The average molecular weight is 191 g/mol. The maximum absolute atomic E-state index is 0. The Morgan fingerprint density at radius 3 is 0.286 bits per heavy atom. The van der Waals surface area contributed by atoms with Crippen molar-refractivity contribution in [2.45, 2.75) is 0 Å². The summed E-state index contributed by atoms with van der Waals surface area (Å²) in [5.41, 5.74) is 0. The van der Waals surface area contributed by atoms with Crippen LogP contribution in [0.25, 0.3) is 0 Å². The largest absolute Gasteiger partial charge is 6.00 e. The molecule has 0 nitrogen and oxygen atoms in total.